The van der Waals surface area contributed by atoms with Gasteiger partial charge >= 0.3 is 0 Å². The van der Waals surface area contributed by atoms with Crippen LogP contribution in [0.1, 0.15) is 41.9 Å². The van der Waals surface area contributed by atoms with Crippen LogP contribution >= 0.6 is 11.8 Å². The third-order valence-electron chi connectivity index (χ3n) is 6.83. The van der Waals surface area contributed by atoms with E-state index >= 15 is 0 Å². The zero-order valence-electron chi connectivity index (χ0n) is 19.7. The largest absolute Gasteiger partial charge is 0.369 e. The molecule has 35 heavy (non-hydrogen) atoms. The lowest BCUT2D eigenvalue weighted by molar-refractivity contribution is -0.122. The van der Waals surface area contributed by atoms with Crippen LogP contribution in [0.25, 0.3) is 4.91 Å². The molecule has 5 heteroatoms. The highest BCUT2D eigenvalue weighted by molar-refractivity contribution is 8.08. The minimum Gasteiger partial charge on any atom is -0.369 e. The SMILES string of the molecule is Cc1c(C2C=CCCC2C(N)=O)cccc1N1C(=O)CC=C(Sc2ccccc2)c2ccccc21. The molecule has 2 unspecified atom stereocenters. The third-order valence-corrected chi connectivity index (χ3v) is 7.94. The van der Waals surface area contributed by atoms with Gasteiger partial charge in [0.2, 0.25) is 11.8 Å². The van der Waals surface area contributed by atoms with Crippen LogP contribution in [0.15, 0.2) is 95.9 Å². The molecule has 0 fully saturated rings. The number of rotatable bonds is 5. The predicted molar refractivity (Wildman–Crippen MR) is 143 cm³/mol. The van der Waals surface area contributed by atoms with E-state index in [9.17, 15) is 9.59 Å². The van der Waals surface area contributed by atoms with E-state index in [1.807, 2.05) is 66.4 Å². The van der Waals surface area contributed by atoms with Gasteiger partial charge in [0.25, 0.3) is 0 Å². The number of anilines is 2. The number of fused-ring (bicyclic) bond motifs is 1. The molecule has 0 aromatic heterocycles. The van der Waals surface area contributed by atoms with Crippen LogP contribution in [0.4, 0.5) is 11.4 Å². The summed E-state index contributed by atoms with van der Waals surface area (Å²) in [6.07, 6.45) is 8.16. The predicted octanol–water partition coefficient (Wildman–Crippen LogP) is 6.73. The Labute approximate surface area is 210 Å². The number of amides is 2. The van der Waals surface area contributed by atoms with Gasteiger partial charge in [-0.1, -0.05) is 78.5 Å². The normalized spacial score (nSPS) is 19.6. The average molecular weight is 481 g/mol. The van der Waals surface area contributed by atoms with Crippen LogP contribution in [0.3, 0.4) is 0 Å². The molecule has 1 aliphatic heterocycles. The van der Waals surface area contributed by atoms with Crippen molar-refractivity contribution in [2.45, 2.75) is 37.0 Å². The van der Waals surface area contributed by atoms with Crippen molar-refractivity contribution >= 4 is 39.9 Å². The number of carbonyl (C=O) groups excluding carboxylic acids is 2. The summed E-state index contributed by atoms with van der Waals surface area (Å²) in [4.78, 5) is 29.8. The van der Waals surface area contributed by atoms with Crippen molar-refractivity contribution in [2.75, 3.05) is 4.90 Å². The second-order valence-corrected chi connectivity index (χ2v) is 10.1. The van der Waals surface area contributed by atoms with Crippen molar-refractivity contribution in [1.29, 1.82) is 0 Å². The summed E-state index contributed by atoms with van der Waals surface area (Å²) >= 11 is 1.68. The Morgan fingerprint density at radius 1 is 0.971 bits per heavy atom. The van der Waals surface area contributed by atoms with Gasteiger partial charge in [-0.05, 0) is 55.2 Å². The molecule has 3 aromatic carbocycles. The number of hydrogen-bond acceptors (Lipinski definition) is 3. The summed E-state index contributed by atoms with van der Waals surface area (Å²) in [5, 5.41) is 0. The number of primary amides is 1. The van der Waals surface area contributed by atoms with E-state index in [2.05, 4.69) is 36.4 Å². The van der Waals surface area contributed by atoms with Crippen molar-refractivity contribution in [3.63, 3.8) is 0 Å². The molecule has 0 radical (unpaired) electrons. The molecule has 0 spiro atoms. The zero-order chi connectivity index (χ0) is 24.4. The summed E-state index contributed by atoms with van der Waals surface area (Å²) in [5.41, 5.74) is 10.6. The van der Waals surface area contributed by atoms with E-state index in [1.165, 1.54) is 0 Å². The van der Waals surface area contributed by atoms with E-state index in [0.29, 0.717) is 6.42 Å². The van der Waals surface area contributed by atoms with E-state index in [4.69, 9.17) is 5.73 Å². The number of allylic oxidation sites excluding steroid dienone is 2. The number of thioether (sulfide) groups is 1. The van der Waals surface area contributed by atoms with Gasteiger partial charge in [0.05, 0.1) is 11.4 Å². The third kappa shape index (κ3) is 4.56. The van der Waals surface area contributed by atoms with Gasteiger partial charge in [-0.15, -0.1) is 0 Å². The first-order valence-corrected chi connectivity index (χ1v) is 12.8. The maximum Gasteiger partial charge on any atom is 0.235 e. The molecule has 1 heterocycles. The molecule has 4 nitrogen and oxygen atoms in total. The summed E-state index contributed by atoms with van der Waals surface area (Å²) in [6, 6.07) is 24.3. The molecule has 5 rings (SSSR count). The first kappa shape index (κ1) is 23.2. The Morgan fingerprint density at radius 3 is 2.51 bits per heavy atom. The fourth-order valence-corrected chi connectivity index (χ4v) is 6.08. The highest BCUT2D eigenvalue weighted by atomic mass is 32.2. The first-order chi connectivity index (χ1) is 17.0. The van der Waals surface area contributed by atoms with Crippen molar-refractivity contribution < 1.29 is 9.59 Å². The summed E-state index contributed by atoms with van der Waals surface area (Å²) < 4.78 is 0. The average Bonchev–Trinajstić information content (AvgIpc) is 3.01. The summed E-state index contributed by atoms with van der Waals surface area (Å²) in [6.45, 7) is 2.04. The van der Waals surface area contributed by atoms with Crippen LogP contribution in [0.5, 0.6) is 0 Å². The van der Waals surface area contributed by atoms with Gasteiger partial charge < -0.3 is 5.73 Å². The fraction of sp³-hybridized carbons (Fsp3) is 0.200. The molecule has 2 aliphatic rings. The molecule has 0 saturated carbocycles. The van der Waals surface area contributed by atoms with Gasteiger partial charge in [-0.2, -0.15) is 0 Å². The molecule has 0 saturated heterocycles. The van der Waals surface area contributed by atoms with Crippen LogP contribution in [-0.4, -0.2) is 11.8 Å². The molecular weight excluding hydrogens is 452 g/mol. The number of nitrogens with two attached hydrogens (primary N) is 1. The van der Waals surface area contributed by atoms with Gasteiger partial charge in [0.1, 0.15) is 0 Å². The van der Waals surface area contributed by atoms with Gasteiger partial charge in [-0.25, -0.2) is 0 Å². The quantitative estimate of drug-likeness (QED) is 0.412. The molecule has 176 valence electrons. The molecule has 2 N–H and O–H groups in total. The van der Waals surface area contributed by atoms with Gasteiger partial charge in [0, 0.05) is 33.6 Å². The first-order valence-electron chi connectivity index (χ1n) is 12.0. The van der Waals surface area contributed by atoms with Crippen LogP contribution in [0.2, 0.25) is 0 Å². The summed E-state index contributed by atoms with van der Waals surface area (Å²) in [5.74, 6) is -0.573. The highest BCUT2D eigenvalue weighted by Crippen LogP contribution is 2.45. The van der Waals surface area contributed by atoms with Gasteiger partial charge in [0.15, 0.2) is 0 Å². The van der Waals surface area contributed by atoms with Crippen molar-refractivity contribution in [3.8, 4) is 0 Å². The number of nitrogens with zero attached hydrogens (tertiary/aromatic N) is 1. The number of carbonyl (C=O) groups is 2. The number of para-hydroxylation sites is 1. The Bertz CT molecular complexity index is 1330. The molecule has 1 aliphatic carbocycles. The second kappa shape index (κ2) is 9.96. The lowest BCUT2D eigenvalue weighted by Crippen LogP contribution is -2.30. The Morgan fingerprint density at radius 2 is 1.71 bits per heavy atom. The highest BCUT2D eigenvalue weighted by Gasteiger charge is 2.31. The number of hydrogen-bond donors (Lipinski definition) is 1. The monoisotopic (exact) mass is 480 g/mol. The zero-order valence-corrected chi connectivity index (χ0v) is 20.5. The Hall–Kier alpha value is -3.57. The van der Waals surface area contributed by atoms with E-state index in [1.54, 1.807) is 11.8 Å². The smallest absolute Gasteiger partial charge is 0.235 e. The lowest BCUT2D eigenvalue weighted by atomic mass is 9.77. The van der Waals surface area contributed by atoms with Gasteiger partial charge in [-0.3, -0.25) is 14.5 Å². The lowest BCUT2D eigenvalue weighted by Gasteiger charge is -2.30. The maximum atomic E-state index is 13.6. The number of benzene rings is 3. The molecule has 3 aromatic rings. The van der Waals surface area contributed by atoms with Crippen molar-refractivity contribution in [3.05, 3.63) is 108 Å². The minimum absolute atomic E-state index is 0.0204. The minimum atomic E-state index is -0.271. The van der Waals surface area contributed by atoms with Crippen molar-refractivity contribution in [2.24, 2.45) is 11.7 Å². The standard InChI is InChI=1S/C30H28N2O2S/c1-20-22(23-12-5-6-13-24(23)30(31)34)15-9-17-26(20)32-27-16-8-7-14-25(27)28(18-19-29(32)33)35-21-10-3-2-4-11-21/h2-5,7-12,14-18,23-24H,6,13,19H2,1H3,(H2,31,34). The molecular formula is C30H28N2O2S. The molecule has 0 bridgehead atoms. The van der Waals surface area contributed by atoms with Crippen LogP contribution in [0, 0.1) is 12.8 Å². The topological polar surface area (TPSA) is 63.4 Å². The summed E-state index contributed by atoms with van der Waals surface area (Å²) in [7, 11) is 0. The van der Waals surface area contributed by atoms with Crippen molar-refractivity contribution in [1.82, 2.24) is 0 Å². The van der Waals surface area contributed by atoms with Crippen LogP contribution < -0.4 is 10.6 Å². The van der Waals surface area contributed by atoms with Crippen LogP contribution in [-0.2, 0) is 9.59 Å². The molecule has 2 atom stereocenters. The fourth-order valence-electron chi connectivity index (χ4n) is 5.08. The Balaban J connectivity index is 1.58. The maximum absolute atomic E-state index is 13.6. The second-order valence-electron chi connectivity index (χ2n) is 8.97. The molecule has 2 amide bonds. The Kier molecular flexibility index (Phi) is 6.60. The van der Waals surface area contributed by atoms with E-state index in [0.717, 1.165) is 50.7 Å². The van der Waals surface area contributed by atoms with E-state index < -0.39 is 0 Å². The van der Waals surface area contributed by atoms with E-state index in [-0.39, 0.29) is 23.7 Å².